The fraction of sp³-hybridized carbons (Fsp3) is 0. The van der Waals surface area contributed by atoms with Crippen LogP contribution in [0.25, 0.3) is 12.2 Å². The van der Waals surface area contributed by atoms with Gasteiger partial charge in [-0.25, -0.2) is 0 Å². The van der Waals surface area contributed by atoms with Crippen LogP contribution >= 0.6 is 0 Å². The summed E-state index contributed by atoms with van der Waals surface area (Å²) in [6, 6.07) is 13.9. The Morgan fingerprint density at radius 3 is 2.06 bits per heavy atom. The van der Waals surface area contributed by atoms with Crippen LogP contribution in [0.1, 0.15) is 16.7 Å². The molecule has 3 heteroatoms. The molecule has 0 radical (unpaired) electrons. The van der Waals surface area contributed by atoms with Gasteiger partial charge in [-0.1, -0.05) is 30.4 Å². The SMILES string of the molecule is N#Cc1ccc(/C=C/c2ccc(O)c(O)c2)cc1. The third-order valence-electron chi connectivity index (χ3n) is 2.51. The number of nitrogens with zero attached hydrogens (tertiary/aromatic N) is 1. The van der Waals surface area contributed by atoms with Crippen LogP contribution < -0.4 is 0 Å². The van der Waals surface area contributed by atoms with Crippen molar-refractivity contribution in [2.75, 3.05) is 0 Å². The summed E-state index contributed by atoms with van der Waals surface area (Å²) in [5.41, 5.74) is 2.37. The van der Waals surface area contributed by atoms with Crippen molar-refractivity contribution in [1.29, 1.82) is 5.26 Å². The van der Waals surface area contributed by atoms with E-state index in [4.69, 9.17) is 5.26 Å². The molecule has 0 saturated heterocycles. The largest absolute Gasteiger partial charge is 0.504 e. The van der Waals surface area contributed by atoms with Gasteiger partial charge in [0, 0.05) is 0 Å². The standard InChI is InChI=1S/C15H11NO2/c16-10-13-5-2-11(3-6-13)1-4-12-7-8-14(17)15(18)9-12/h1-9,17-18H/b4-1+. The smallest absolute Gasteiger partial charge is 0.157 e. The highest BCUT2D eigenvalue weighted by molar-refractivity contribution is 5.71. The molecule has 2 rings (SSSR count). The van der Waals surface area contributed by atoms with Crippen LogP contribution in [0.15, 0.2) is 42.5 Å². The Morgan fingerprint density at radius 1 is 0.833 bits per heavy atom. The van der Waals surface area contributed by atoms with Gasteiger partial charge in [-0.05, 0) is 35.4 Å². The molecule has 0 unspecified atom stereocenters. The molecule has 0 fully saturated rings. The lowest BCUT2D eigenvalue weighted by Gasteiger charge is -1.98. The van der Waals surface area contributed by atoms with Gasteiger partial charge in [-0.15, -0.1) is 0 Å². The Kier molecular flexibility index (Phi) is 3.31. The molecule has 0 aliphatic rings. The van der Waals surface area contributed by atoms with Crippen molar-refractivity contribution in [3.8, 4) is 17.6 Å². The molecular formula is C15H11NO2. The van der Waals surface area contributed by atoms with Gasteiger partial charge >= 0.3 is 0 Å². The molecule has 18 heavy (non-hydrogen) atoms. The maximum absolute atomic E-state index is 9.35. The summed E-state index contributed by atoms with van der Waals surface area (Å²) in [4.78, 5) is 0. The highest BCUT2D eigenvalue weighted by Crippen LogP contribution is 2.25. The molecule has 0 bridgehead atoms. The van der Waals surface area contributed by atoms with E-state index >= 15 is 0 Å². The monoisotopic (exact) mass is 237 g/mol. The zero-order valence-electron chi connectivity index (χ0n) is 9.54. The van der Waals surface area contributed by atoms with Crippen molar-refractivity contribution >= 4 is 12.2 Å². The average molecular weight is 237 g/mol. The maximum atomic E-state index is 9.35. The van der Waals surface area contributed by atoms with Crippen molar-refractivity contribution in [2.24, 2.45) is 0 Å². The Morgan fingerprint density at radius 2 is 1.44 bits per heavy atom. The number of nitriles is 1. The summed E-state index contributed by atoms with van der Waals surface area (Å²) < 4.78 is 0. The van der Waals surface area contributed by atoms with E-state index < -0.39 is 0 Å². The molecule has 0 aliphatic carbocycles. The van der Waals surface area contributed by atoms with Gasteiger partial charge in [0.1, 0.15) is 0 Å². The Bertz CT molecular complexity index is 622. The number of rotatable bonds is 2. The van der Waals surface area contributed by atoms with Crippen molar-refractivity contribution in [1.82, 2.24) is 0 Å². The molecule has 2 aromatic rings. The van der Waals surface area contributed by atoms with Gasteiger partial charge in [-0.2, -0.15) is 5.26 Å². The summed E-state index contributed by atoms with van der Waals surface area (Å²) >= 11 is 0. The molecule has 0 atom stereocenters. The summed E-state index contributed by atoms with van der Waals surface area (Å²) in [5, 5.41) is 27.2. The Hall–Kier alpha value is -2.73. The van der Waals surface area contributed by atoms with Crippen LogP contribution in [0.4, 0.5) is 0 Å². The predicted octanol–water partition coefficient (Wildman–Crippen LogP) is 3.14. The van der Waals surface area contributed by atoms with Gasteiger partial charge in [0.05, 0.1) is 11.6 Å². The van der Waals surface area contributed by atoms with E-state index in [0.717, 1.165) is 11.1 Å². The second kappa shape index (κ2) is 5.07. The molecule has 0 aliphatic heterocycles. The molecule has 0 saturated carbocycles. The number of hydrogen-bond donors (Lipinski definition) is 2. The van der Waals surface area contributed by atoms with Crippen molar-refractivity contribution in [3.63, 3.8) is 0 Å². The van der Waals surface area contributed by atoms with Crippen LogP contribution in [0.5, 0.6) is 11.5 Å². The van der Waals surface area contributed by atoms with Gasteiger partial charge in [0.2, 0.25) is 0 Å². The van der Waals surface area contributed by atoms with Gasteiger partial charge in [-0.3, -0.25) is 0 Å². The van der Waals surface area contributed by atoms with Crippen molar-refractivity contribution in [3.05, 3.63) is 59.2 Å². The second-order valence-electron chi connectivity index (χ2n) is 3.82. The number of benzene rings is 2. The number of hydrogen-bond acceptors (Lipinski definition) is 3. The molecule has 0 spiro atoms. The topological polar surface area (TPSA) is 64.2 Å². The van der Waals surface area contributed by atoms with Crippen LogP contribution in [-0.2, 0) is 0 Å². The number of phenolic OH excluding ortho intramolecular Hbond substituents is 2. The van der Waals surface area contributed by atoms with Crippen LogP contribution in [0, 0.1) is 11.3 Å². The molecule has 3 nitrogen and oxygen atoms in total. The van der Waals surface area contributed by atoms with Crippen LogP contribution in [-0.4, -0.2) is 10.2 Å². The molecule has 2 aromatic carbocycles. The van der Waals surface area contributed by atoms with Crippen molar-refractivity contribution in [2.45, 2.75) is 0 Å². The summed E-state index contributed by atoms with van der Waals surface area (Å²) in [6.07, 6.45) is 3.69. The molecule has 0 amide bonds. The van der Waals surface area contributed by atoms with E-state index in [1.807, 2.05) is 24.3 Å². The first-order chi connectivity index (χ1) is 8.69. The fourth-order valence-electron chi connectivity index (χ4n) is 1.51. The Labute approximate surface area is 105 Å². The molecular weight excluding hydrogens is 226 g/mol. The summed E-state index contributed by atoms with van der Waals surface area (Å²) in [6.45, 7) is 0. The fourth-order valence-corrected chi connectivity index (χ4v) is 1.51. The minimum atomic E-state index is -0.142. The molecule has 88 valence electrons. The predicted molar refractivity (Wildman–Crippen MR) is 69.9 cm³/mol. The van der Waals surface area contributed by atoms with Crippen LogP contribution in [0.2, 0.25) is 0 Å². The summed E-state index contributed by atoms with van der Waals surface area (Å²) in [7, 11) is 0. The van der Waals surface area contributed by atoms with Gasteiger partial charge in [0.15, 0.2) is 11.5 Å². The second-order valence-corrected chi connectivity index (χ2v) is 3.82. The zero-order valence-corrected chi connectivity index (χ0v) is 9.54. The lowest BCUT2D eigenvalue weighted by Crippen LogP contribution is -1.76. The van der Waals surface area contributed by atoms with E-state index in [-0.39, 0.29) is 11.5 Å². The Balaban J connectivity index is 2.19. The molecule has 2 N–H and O–H groups in total. The molecule has 0 aromatic heterocycles. The first-order valence-corrected chi connectivity index (χ1v) is 5.39. The summed E-state index contributed by atoms with van der Waals surface area (Å²) in [5.74, 6) is -0.275. The third kappa shape index (κ3) is 2.69. The zero-order chi connectivity index (χ0) is 13.0. The van der Waals surface area contributed by atoms with E-state index in [2.05, 4.69) is 6.07 Å². The van der Waals surface area contributed by atoms with Crippen molar-refractivity contribution < 1.29 is 10.2 Å². The minimum Gasteiger partial charge on any atom is -0.504 e. The molecule has 0 heterocycles. The average Bonchev–Trinajstić information content (AvgIpc) is 2.41. The number of phenols is 2. The maximum Gasteiger partial charge on any atom is 0.157 e. The van der Waals surface area contributed by atoms with E-state index in [1.165, 1.54) is 12.1 Å². The first-order valence-electron chi connectivity index (χ1n) is 5.39. The van der Waals surface area contributed by atoms with E-state index in [9.17, 15) is 10.2 Å². The highest BCUT2D eigenvalue weighted by Gasteiger charge is 1.97. The quantitative estimate of drug-likeness (QED) is 0.623. The lowest BCUT2D eigenvalue weighted by atomic mass is 10.1. The van der Waals surface area contributed by atoms with E-state index in [1.54, 1.807) is 18.2 Å². The number of aromatic hydroxyl groups is 2. The highest BCUT2D eigenvalue weighted by atomic mass is 16.3. The first kappa shape index (κ1) is 11.7. The minimum absolute atomic E-state index is 0.134. The van der Waals surface area contributed by atoms with E-state index in [0.29, 0.717) is 5.56 Å². The van der Waals surface area contributed by atoms with Gasteiger partial charge < -0.3 is 10.2 Å². The van der Waals surface area contributed by atoms with Gasteiger partial charge in [0.25, 0.3) is 0 Å². The lowest BCUT2D eigenvalue weighted by molar-refractivity contribution is 0.403. The third-order valence-corrected chi connectivity index (χ3v) is 2.51. The van der Waals surface area contributed by atoms with Crippen LogP contribution in [0.3, 0.4) is 0 Å². The normalized spacial score (nSPS) is 10.4.